The lowest BCUT2D eigenvalue weighted by Gasteiger charge is -2.12. The molecule has 0 atom stereocenters. The SMILES string of the molecule is C=CCOc1c(Br)cc(C=C2SC(NC(C)=O)=NC2=O)cc1OC. The van der Waals surface area contributed by atoms with Gasteiger partial charge in [-0.1, -0.05) is 12.7 Å². The van der Waals surface area contributed by atoms with Crippen LogP contribution >= 0.6 is 27.7 Å². The molecule has 0 bridgehead atoms. The summed E-state index contributed by atoms with van der Waals surface area (Å²) in [5.74, 6) is 0.408. The van der Waals surface area contributed by atoms with Gasteiger partial charge >= 0.3 is 0 Å². The molecule has 0 saturated carbocycles. The Balaban J connectivity index is 2.27. The van der Waals surface area contributed by atoms with Crippen LogP contribution in [-0.4, -0.2) is 30.7 Å². The van der Waals surface area contributed by atoms with Crippen LogP contribution in [0, 0.1) is 0 Å². The van der Waals surface area contributed by atoms with E-state index in [0.717, 1.165) is 17.3 Å². The number of nitrogens with zero attached hydrogens (tertiary/aromatic N) is 1. The summed E-state index contributed by atoms with van der Waals surface area (Å²) in [6.45, 7) is 5.31. The summed E-state index contributed by atoms with van der Waals surface area (Å²) in [7, 11) is 1.53. The van der Waals surface area contributed by atoms with E-state index in [1.165, 1.54) is 14.0 Å². The lowest BCUT2D eigenvalue weighted by Crippen LogP contribution is -2.23. The Morgan fingerprint density at radius 1 is 1.50 bits per heavy atom. The molecular weight excluding hydrogens is 396 g/mol. The number of amides is 2. The lowest BCUT2D eigenvalue weighted by atomic mass is 10.2. The van der Waals surface area contributed by atoms with Crippen molar-refractivity contribution in [3.8, 4) is 11.5 Å². The third kappa shape index (κ3) is 4.48. The Bertz CT molecular complexity index is 759. The number of hydrogen-bond acceptors (Lipinski definition) is 5. The average Bonchev–Trinajstić information content (AvgIpc) is 2.84. The van der Waals surface area contributed by atoms with E-state index in [0.29, 0.717) is 27.5 Å². The van der Waals surface area contributed by atoms with Gasteiger partial charge in [0.15, 0.2) is 16.7 Å². The van der Waals surface area contributed by atoms with Gasteiger partial charge in [-0.05, 0) is 51.5 Å². The van der Waals surface area contributed by atoms with Gasteiger partial charge in [0, 0.05) is 6.92 Å². The zero-order valence-corrected chi connectivity index (χ0v) is 15.5. The van der Waals surface area contributed by atoms with Crippen molar-refractivity contribution < 1.29 is 19.1 Å². The van der Waals surface area contributed by atoms with Gasteiger partial charge in [-0.15, -0.1) is 0 Å². The van der Waals surface area contributed by atoms with E-state index in [1.807, 2.05) is 0 Å². The molecule has 0 aromatic heterocycles. The molecule has 24 heavy (non-hydrogen) atoms. The molecule has 1 aromatic carbocycles. The third-order valence-electron chi connectivity index (χ3n) is 2.80. The van der Waals surface area contributed by atoms with Crippen LogP contribution in [0.3, 0.4) is 0 Å². The number of carbonyl (C=O) groups excluding carboxylic acids is 2. The molecule has 2 rings (SSSR count). The number of halogens is 1. The summed E-state index contributed by atoms with van der Waals surface area (Å²) >= 11 is 4.54. The second kappa shape index (κ2) is 8.16. The number of rotatable bonds is 5. The molecule has 1 aliphatic heterocycles. The van der Waals surface area contributed by atoms with Gasteiger partial charge in [-0.3, -0.25) is 9.59 Å². The van der Waals surface area contributed by atoms with Gasteiger partial charge in [-0.2, -0.15) is 4.99 Å². The first-order chi connectivity index (χ1) is 11.4. The largest absolute Gasteiger partial charge is 0.493 e. The molecule has 0 spiro atoms. The van der Waals surface area contributed by atoms with E-state index in [2.05, 4.69) is 32.8 Å². The van der Waals surface area contributed by atoms with Crippen LogP contribution in [0.2, 0.25) is 0 Å². The fourth-order valence-corrected chi connectivity index (χ4v) is 3.30. The highest BCUT2D eigenvalue weighted by atomic mass is 79.9. The topological polar surface area (TPSA) is 77.0 Å². The van der Waals surface area contributed by atoms with E-state index < -0.39 is 5.91 Å². The van der Waals surface area contributed by atoms with Crippen molar-refractivity contribution in [1.82, 2.24) is 5.32 Å². The van der Waals surface area contributed by atoms with Crippen LogP contribution in [0.4, 0.5) is 0 Å². The van der Waals surface area contributed by atoms with Crippen molar-refractivity contribution in [3.05, 3.63) is 39.7 Å². The summed E-state index contributed by atoms with van der Waals surface area (Å²) in [6.07, 6.45) is 3.31. The van der Waals surface area contributed by atoms with Crippen molar-refractivity contribution in [2.24, 2.45) is 4.99 Å². The van der Waals surface area contributed by atoms with Crippen molar-refractivity contribution >= 4 is 50.7 Å². The van der Waals surface area contributed by atoms with Gasteiger partial charge in [0.25, 0.3) is 5.91 Å². The minimum absolute atomic E-state index is 0.274. The van der Waals surface area contributed by atoms with Gasteiger partial charge in [0.1, 0.15) is 6.61 Å². The predicted molar refractivity (Wildman–Crippen MR) is 98.2 cm³/mol. The van der Waals surface area contributed by atoms with E-state index in [1.54, 1.807) is 24.3 Å². The van der Waals surface area contributed by atoms with Crippen molar-refractivity contribution in [1.29, 1.82) is 0 Å². The Labute approximate surface area is 152 Å². The molecule has 0 saturated heterocycles. The molecule has 1 heterocycles. The van der Waals surface area contributed by atoms with Gasteiger partial charge in [-0.25, -0.2) is 0 Å². The number of aliphatic imine (C=N–C) groups is 1. The van der Waals surface area contributed by atoms with Crippen molar-refractivity contribution in [2.75, 3.05) is 13.7 Å². The summed E-state index contributed by atoms with van der Waals surface area (Å²) in [4.78, 5) is 27.2. The maximum Gasteiger partial charge on any atom is 0.286 e. The molecule has 1 aromatic rings. The molecule has 0 radical (unpaired) electrons. The number of hydrogen-bond donors (Lipinski definition) is 1. The predicted octanol–water partition coefficient (Wildman–Crippen LogP) is 3.13. The number of methoxy groups -OCH3 is 1. The van der Waals surface area contributed by atoms with E-state index in [-0.39, 0.29) is 11.1 Å². The monoisotopic (exact) mass is 410 g/mol. The Morgan fingerprint density at radius 2 is 2.25 bits per heavy atom. The normalized spacial score (nSPS) is 15.2. The highest BCUT2D eigenvalue weighted by Gasteiger charge is 2.23. The highest BCUT2D eigenvalue weighted by Crippen LogP contribution is 2.38. The Hall–Kier alpha value is -2.06. The van der Waals surface area contributed by atoms with Crippen molar-refractivity contribution in [3.63, 3.8) is 0 Å². The van der Waals surface area contributed by atoms with Gasteiger partial charge in [0.05, 0.1) is 16.5 Å². The molecular formula is C16H15BrN2O4S. The molecule has 126 valence electrons. The van der Waals surface area contributed by atoms with Gasteiger partial charge in [0.2, 0.25) is 5.91 Å². The van der Waals surface area contributed by atoms with Crippen LogP contribution in [0.15, 0.2) is 39.2 Å². The molecule has 0 unspecified atom stereocenters. The number of thioether (sulfide) groups is 1. The zero-order chi connectivity index (χ0) is 17.7. The van der Waals surface area contributed by atoms with Crippen LogP contribution in [-0.2, 0) is 9.59 Å². The van der Waals surface area contributed by atoms with Crippen LogP contribution in [0.25, 0.3) is 6.08 Å². The first-order valence-corrected chi connectivity index (χ1v) is 8.47. The molecule has 6 nitrogen and oxygen atoms in total. The van der Waals surface area contributed by atoms with Crippen LogP contribution < -0.4 is 14.8 Å². The third-order valence-corrected chi connectivity index (χ3v) is 4.29. The molecule has 1 N–H and O–H groups in total. The summed E-state index contributed by atoms with van der Waals surface area (Å²) in [6, 6.07) is 3.55. The Kier molecular flexibility index (Phi) is 6.22. The van der Waals surface area contributed by atoms with E-state index in [9.17, 15) is 9.59 Å². The number of nitrogens with one attached hydrogen (secondary N) is 1. The minimum Gasteiger partial charge on any atom is -0.493 e. The smallest absolute Gasteiger partial charge is 0.286 e. The highest BCUT2D eigenvalue weighted by molar-refractivity contribution is 9.10. The number of benzene rings is 1. The maximum absolute atomic E-state index is 11.9. The first kappa shape index (κ1) is 18.3. The fraction of sp³-hybridized carbons (Fsp3) is 0.188. The van der Waals surface area contributed by atoms with Crippen LogP contribution in [0.1, 0.15) is 12.5 Å². The summed E-state index contributed by atoms with van der Waals surface area (Å²) in [5.41, 5.74) is 0.736. The zero-order valence-electron chi connectivity index (χ0n) is 13.1. The molecule has 0 aliphatic carbocycles. The fourth-order valence-electron chi connectivity index (χ4n) is 1.87. The molecule has 1 aliphatic rings. The summed E-state index contributed by atoms with van der Waals surface area (Å²) < 4.78 is 11.6. The van der Waals surface area contributed by atoms with Gasteiger partial charge < -0.3 is 14.8 Å². The maximum atomic E-state index is 11.9. The minimum atomic E-state index is -0.397. The quantitative estimate of drug-likeness (QED) is 0.595. The number of ether oxygens (including phenoxy) is 2. The molecule has 2 amide bonds. The second-order valence-electron chi connectivity index (χ2n) is 4.65. The first-order valence-electron chi connectivity index (χ1n) is 6.86. The molecule has 0 fully saturated rings. The van der Waals surface area contributed by atoms with Crippen LogP contribution in [0.5, 0.6) is 11.5 Å². The average molecular weight is 411 g/mol. The Morgan fingerprint density at radius 3 is 2.88 bits per heavy atom. The second-order valence-corrected chi connectivity index (χ2v) is 6.53. The number of amidine groups is 1. The van der Waals surface area contributed by atoms with E-state index in [4.69, 9.17) is 9.47 Å². The van der Waals surface area contributed by atoms with Crippen molar-refractivity contribution in [2.45, 2.75) is 6.92 Å². The van der Waals surface area contributed by atoms with E-state index >= 15 is 0 Å². The standard InChI is InChI=1S/C16H15BrN2O4S/c1-4-5-23-14-11(17)6-10(7-12(14)22-3)8-13-15(21)19-16(24-13)18-9(2)20/h4,6-8H,1,5H2,2-3H3,(H,18,19,20,21). The number of carbonyl (C=O) groups is 2. The lowest BCUT2D eigenvalue weighted by molar-refractivity contribution is -0.117. The summed E-state index contributed by atoms with van der Waals surface area (Å²) in [5, 5.41) is 2.78. The molecule has 8 heteroatoms.